The van der Waals surface area contributed by atoms with Crippen molar-refractivity contribution in [2.24, 2.45) is 0 Å². The average Bonchev–Trinajstić information content (AvgIpc) is 2.76. The number of methoxy groups -OCH3 is 1. The minimum Gasteiger partial charge on any atom is -0.497 e. The zero-order chi connectivity index (χ0) is 19.6. The maximum absolute atomic E-state index is 12.6. The first kappa shape index (κ1) is 20.0. The smallest absolute Gasteiger partial charge is 0.252 e. The summed E-state index contributed by atoms with van der Waals surface area (Å²) in [5.41, 5.74) is 3.24. The van der Waals surface area contributed by atoms with Gasteiger partial charge in [0.1, 0.15) is 5.75 Å². The topological polar surface area (TPSA) is 38.3 Å². The van der Waals surface area contributed by atoms with Crippen LogP contribution < -0.4 is 10.1 Å². The number of hydrogen-bond donors (Lipinski definition) is 1. The number of carbonyl (C=O) groups excluding carboxylic acids is 1. The first-order valence-electron chi connectivity index (χ1n) is 9.43. The molecule has 1 N–H and O–H groups in total. The van der Waals surface area contributed by atoms with Crippen LogP contribution in [0.15, 0.2) is 83.8 Å². The van der Waals surface area contributed by atoms with Crippen LogP contribution in [0, 0.1) is 0 Å². The molecule has 1 amide bonds. The minimum atomic E-state index is -0.00843. The molecule has 0 saturated heterocycles. The van der Waals surface area contributed by atoms with Crippen LogP contribution in [-0.4, -0.2) is 19.6 Å². The van der Waals surface area contributed by atoms with Crippen LogP contribution >= 0.6 is 11.8 Å². The number of nitrogens with one attached hydrogen (secondary N) is 1. The molecule has 0 bridgehead atoms. The van der Waals surface area contributed by atoms with Gasteiger partial charge in [0.2, 0.25) is 0 Å². The molecular formula is C24H25NO2S. The Kier molecular flexibility index (Phi) is 7.56. The fourth-order valence-corrected chi connectivity index (χ4v) is 3.90. The van der Waals surface area contributed by atoms with Gasteiger partial charge in [0, 0.05) is 17.2 Å². The van der Waals surface area contributed by atoms with Crippen molar-refractivity contribution >= 4 is 17.7 Å². The number of benzene rings is 3. The van der Waals surface area contributed by atoms with Gasteiger partial charge in [0.05, 0.1) is 12.7 Å². The van der Waals surface area contributed by atoms with Crippen molar-refractivity contribution in [2.75, 3.05) is 13.7 Å². The van der Waals surface area contributed by atoms with Crippen LogP contribution in [0.1, 0.15) is 27.9 Å². The van der Waals surface area contributed by atoms with Gasteiger partial charge in [0.25, 0.3) is 5.91 Å². The van der Waals surface area contributed by atoms with E-state index in [0.717, 1.165) is 34.8 Å². The molecule has 0 aromatic heterocycles. The van der Waals surface area contributed by atoms with Crippen molar-refractivity contribution in [3.05, 3.63) is 95.6 Å². The summed E-state index contributed by atoms with van der Waals surface area (Å²) in [6.07, 6.45) is 1.83. The fraction of sp³-hybridized carbons (Fsp3) is 0.208. The van der Waals surface area contributed by atoms with Crippen LogP contribution in [0.5, 0.6) is 5.75 Å². The van der Waals surface area contributed by atoms with Crippen LogP contribution in [0.25, 0.3) is 0 Å². The lowest BCUT2D eigenvalue weighted by Gasteiger charge is -2.10. The number of carbonyl (C=O) groups is 1. The second-order valence-electron chi connectivity index (χ2n) is 6.48. The van der Waals surface area contributed by atoms with E-state index in [4.69, 9.17) is 4.74 Å². The van der Waals surface area contributed by atoms with E-state index in [1.807, 2.05) is 54.6 Å². The predicted octanol–water partition coefficient (Wildman–Crippen LogP) is 5.35. The Morgan fingerprint density at radius 2 is 1.61 bits per heavy atom. The number of amides is 1. The van der Waals surface area contributed by atoms with Crippen LogP contribution in [0.3, 0.4) is 0 Å². The SMILES string of the molecule is COc1ccc(CCCNC(=O)c2ccccc2SCc2ccccc2)cc1. The summed E-state index contributed by atoms with van der Waals surface area (Å²) < 4.78 is 5.18. The zero-order valence-corrected chi connectivity index (χ0v) is 16.9. The number of ether oxygens (including phenoxy) is 1. The van der Waals surface area contributed by atoms with E-state index >= 15 is 0 Å². The maximum Gasteiger partial charge on any atom is 0.252 e. The molecule has 0 saturated carbocycles. The van der Waals surface area contributed by atoms with Gasteiger partial charge in [-0.25, -0.2) is 0 Å². The molecule has 3 aromatic carbocycles. The average molecular weight is 392 g/mol. The molecule has 0 unspecified atom stereocenters. The fourth-order valence-electron chi connectivity index (χ4n) is 2.90. The maximum atomic E-state index is 12.6. The summed E-state index contributed by atoms with van der Waals surface area (Å²) >= 11 is 1.70. The molecule has 0 aliphatic rings. The molecule has 3 aromatic rings. The number of hydrogen-bond acceptors (Lipinski definition) is 3. The lowest BCUT2D eigenvalue weighted by atomic mass is 10.1. The summed E-state index contributed by atoms with van der Waals surface area (Å²) in [6.45, 7) is 0.655. The first-order chi connectivity index (χ1) is 13.8. The van der Waals surface area contributed by atoms with E-state index < -0.39 is 0 Å². The van der Waals surface area contributed by atoms with Crippen molar-refractivity contribution in [1.82, 2.24) is 5.32 Å². The van der Waals surface area contributed by atoms with Crippen molar-refractivity contribution < 1.29 is 9.53 Å². The molecule has 3 nitrogen and oxygen atoms in total. The summed E-state index contributed by atoms with van der Waals surface area (Å²) in [5, 5.41) is 3.05. The van der Waals surface area contributed by atoms with E-state index in [9.17, 15) is 4.79 Å². The number of aryl methyl sites for hydroxylation is 1. The molecule has 28 heavy (non-hydrogen) atoms. The van der Waals surface area contributed by atoms with Gasteiger partial charge in [-0.15, -0.1) is 11.8 Å². The minimum absolute atomic E-state index is 0.00843. The van der Waals surface area contributed by atoms with Crippen LogP contribution in [0.2, 0.25) is 0 Å². The first-order valence-corrected chi connectivity index (χ1v) is 10.4. The highest BCUT2D eigenvalue weighted by atomic mass is 32.2. The number of thioether (sulfide) groups is 1. The van der Waals surface area contributed by atoms with Gasteiger partial charge in [0.15, 0.2) is 0 Å². The molecule has 0 spiro atoms. The monoisotopic (exact) mass is 391 g/mol. The molecule has 0 aliphatic carbocycles. The van der Waals surface area contributed by atoms with Crippen LogP contribution in [0.4, 0.5) is 0 Å². The van der Waals surface area contributed by atoms with Crippen molar-refractivity contribution in [3.63, 3.8) is 0 Å². The highest BCUT2D eigenvalue weighted by Crippen LogP contribution is 2.26. The zero-order valence-electron chi connectivity index (χ0n) is 16.1. The third-order valence-corrected chi connectivity index (χ3v) is 5.60. The molecule has 4 heteroatoms. The normalized spacial score (nSPS) is 10.5. The van der Waals surface area contributed by atoms with Gasteiger partial charge in [-0.3, -0.25) is 4.79 Å². The Balaban J connectivity index is 1.49. The Hall–Kier alpha value is -2.72. The second kappa shape index (κ2) is 10.6. The summed E-state index contributed by atoms with van der Waals surface area (Å²) in [6, 6.07) is 26.2. The molecule has 0 aliphatic heterocycles. The van der Waals surface area contributed by atoms with Gasteiger partial charge >= 0.3 is 0 Å². The summed E-state index contributed by atoms with van der Waals surface area (Å²) in [7, 11) is 1.67. The third kappa shape index (κ3) is 5.89. The van der Waals surface area contributed by atoms with Gasteiger partial charge in [-0.05, 0) is 48.2 Å². The summed E-state index contributed by atoms with van der Waals surface area (Å²) in [5.74, 6) is 1.70. The summed E-state index contributed by atoms with van der Waals surface area (Å²) in [4.78, 5) is 13.6. The Bertz CT molecular complexity index is 879. The lowest BCUT2D eigenvalue weighted by molar-refractivity contribution is 0.0950. The number of rotatable bonds is 9. The van der Waals surface area contributed by atoms with E-state index in [0.29, 0.717) is 6.54 Å². The molecule has 0 atom stereocenters. The largest absolute Gasteiger partial charge is 0.497 e. The highest BCUT2D eigenvalue weighted by Gasteiger charge is 2.11. The van der Waals surface area contributed by atoms with E-state index in [1.54, 1.807) is 18.9 Å². The van der Waals surface area contributed by atoms with E-state index in [-0.39, 0.29) is 5.91 Å². The highest BCUT2D eigenvalue weighted by molar-refractivity contribution is 7.98. The molecule has 0 radical (unpaired) electrons. The van der Waals surface area contributed by atoms with Gasteiger partial charge < -0.3 is 10.1 Å². The van der Waals surface area contributed by atoms with E-state index in [2.05, 4.69) is 29.6 Å². The van der Waals surface area contributed by atoms with Crippen molar-refractivity contribution in [1.29, 1.82) is 0 Å². The molecular weight excluding hydrogens is 366 g/mol. The lowest BCUT2D eigenvalue weighted by Crippen LogP contribution is -2.25. The third-order valence-electron chi connectivity index (χ3n) is 4.46. The Morgan fingerprint density at radius 3 is 2.36 bits per heavy atom. The second-order valence-corrected chi connectivity index (χ2v) is 7.50. The molecule has 144 valence electrons. The van der Waals surface area contributed by atoms with Gasteiger partial charge in [-0.2, -0.15) is 0 Å². The standard InChI is InChI=1S/C24H25NO2S/c1-27-21-15-13-19(14-16-21)10-7-17-25-24(26)22-11-5-6-12-23(22)28-18-20-8-3-2-4-9-20/h2-6,8-9,11-16H,7,10,17-18H2,1H3,(H,25,26). The quantitative estimate of drug-likeness (QED) is 0.395. The Labute approximate surface area is 171 Å². The van der Waals surface area contributed by atoms with Gasteiger partial charge in [-0.1, -0.05) is 54.6 Å². The molecule has 3 rings (SSSR count). The van der Waals surface area contributed by atoms with Crippen molar-refractivity contribution in [2.45, 2.75) is 23.5 Å². The molecule has 0 heterocycles. The molecule has 0 fully saturated rings. The Morgan fingerprint density at radius 1 is 0.893 bits per heavy atom. The van der Waals surface area contributed by atoms with Crippen LogP contribution in [-0.2, 0) is 12.2 Å². The van der Waals surface area contributed by atoms with Crippen molar-refractivity contribution in [3.8, 4) is 5.75 Å². The predicted molar refractivity (Wildman–Crippen MR) is 116 cm³/mol. The van der Waals surface area contributed by atoms with E-state index in [1.165, 1.54) is 11.1 Å².